The second kappa shape index (κ2) is 5.24. The van der Waals surface area contributed by atoms with Crippen molar-refractivity contribution in [3.63, 3.8) is 0 Å². The lowest BCUT2D eigenvalue weighted by Gasteiger charge is -2.35. The average molecular weight is 268 g/mol. The first-order chi connectivity index (χ1) is 8.47. The van der Waals surface area contributed by atoms with E-state index in [0.717, 1.165) is 25.2 Å². The van der Waals surface area contributed by atoms with E-state index in [1.54, 1.807) is 0 Å². The van der Waals surface area contributed by atoms with Crippen molar-refractivity contribution in [1.29, 1.82) is 0 Å². The molecular formula is C12H20N4OS. The molecule has 1 saturated heterocycles. The fraction of sp³-hybridized carbons (Fsp3) is 0.667. The molecule has 0 spiro atoms. The quantitative estimate of drug-likeness (QED) is 0.842. The number of nitrogens with two attached hydrogens (primary N) is 1. The molecule has 0 aromatic carbocycles. The molecule has 2 rings (SSSR count). The molecule has 1 aromatic heterocycles. The number of hydrogen-bond acceptors (Lipinski definition) is 5. The van der Waals surface area contributed by atoms with Crippen LogP contribution in [0, 0.1) is 12.8 Å². The summed E-state index contributed by atoms with van der Waals surface area (Å²) in [6.45, 7) is 6.04. The van der Waals surface area contributed by atoms with Gasteiger partial charge in [0.15, 0.2) is 5.13 Å². The van der Waals surface area contributed by atoms with Gasteiger partial charge >= 0.3 is 0 Å². The first-order valence-electron chi connectivity index (χ1n) is 6.19. The Morgan fingerprint density at radius 2 is 2.33 bits per heavy atom. The standard InChI is InChI=1S/C12H20N4OS/c1-7-6-16(3)5-4-9(7)15-11(17)10-8(2)14-12(13)18-10/h7,9H,4-6H2,1-3H3,(H2,13,14)(H,15,17). The topological polar surface area (TPSA) is 71.2 Å². The number of thiazole rings is 1. The van der Waals surface area contributed by atoms with Gasteiger partial charge in [0.2, 0.25) is 0 Å². The maximum absolute atomic E-state index is 12.2. The number of nitrogens with zero attached hydrogens (tertiary/aromatic N) is 2. The van der Waals surface area contributed by atoms with Crippen LogP contribution in [0.5, 0.6) is 0 Å². The number of hydrogen-bond donors (Lipinski definition) is 2. The molecular weight excluding hydrogens is 248 g/mol. The Hall–Kier alpha value is -1.14. The van der Waals surface area contributed by atoms with Crippen molar-refractivity contribution in [1.82, 2.24) is 15.2 Å². The molecule has 2 heterocycles. The third-order valence-electron chi connectivity index (χ3n) is 3.44. The van der Waals surface area contributed by atoms with Crippen LogP contribution in [-0.2, 0) is 0 Å². The Kier molecular flexibility index (Phi) is 3.87. The maximum Gasteiger partial charge on any atom is 0.263 e. The second-order valence-electron chi connectivity index (χ2n) is 5.07. The fourth-order valence-corrected chi connectivity index (χ4v) is 3.17. The Balaban J connectivity index is 2.01. The predicted molar refractivity (Wildman–Crippen MR) is 73.8 cm³/mol. The Bertz CT molecular complexity index is 445. The smallest absolute Gasteiger partial charge is 0.263 e. The number of amides is 1. The van der Waals surface area contributed by atoms with Gasteiger partial charge in [0, 0.05) is 12.6 Å². The highest BCUT2D eigenvalue weighted by atomic mass is 32.1. The van der Waals surface area contributed by atoms with Crippen molar-refractivity contribution in [2.24, 2.45) is 5.92 Å². The van der Waals surface area contributed by atoms with Gasteiger partial charge in [0.1, 0.15) is 4.88 Å². The molecule has 6 heteroatoms. The van der Waals surface area contributed by atoms with Gasteiger partial charge in [-0.15, -0.1) is 0 Å². The Labute approximate surface area is 111 Å². The molecule has 5 nitrogen and oxygen atoms in total. The lowest BCUT2D eigenvalue weighted by molar-refractivity contribution is 0.0887. The molecule has 2 unspecified atom stereocenters. The molecule has 100 valence electrons. The lowest BCUT2D eigenvalue weighted by atomic mass is 9.94. The van der Waals surface area contributed by atoms with E-state index in [0.29, 0.717) is 15.9 Å². The van der Waals surface area contributed by atoms with Crippen LogP contribution in [0.15, 0.2) is 0 Å². The third-order valence-corrected chi connectivity index (χ3v) is 4.43. The molecule has 3 N–H and O–H groups in total. The molecule has 1 amide bonds. The zero-order valence-corrected chi connectivity index (χ0v) is 11.9. The number of anilines is 1. The van der Waals surface area contributed by atoms with E-state index in [2.05, 4.69) is 29.2 Å². The van der Waals surface area contributed by atoms with Crippen molar-refractivity contribution < 1.29 is 4.79 Å². The summed E-state index contributed by atoms with van der Waals surface area (Å²) in [6.07, 6.45) is 0.997. The highest BCUT2D eigenvalue weighted by molar-refractivity contribution is 7.17. The second-order valence-corrected chi connectivity index (χ2v) is 6.11. The molecule has 18 heavy (non-hydrogen) atoms. The van der Waals surface area contributed by atoms with Gasteiger partial charge in [-0.25, -0.2) is 4.98 Å². The largest absolute Gasteiger partial charge is 0.375 e. The van der Waals surface area contributed by atoms with Crippen LogP contribution in [-0.4, -0.2) is 42.0 Å². The molecule has 1 aliphatic rings. The minimum absolute atomic E-state index is 0.0388. The molecule has 0 bridgehead atoms. The fourth-order valence-electron chi connectivity index (χ4n) is 2.43. The van der Waals surface area contributed by atoms with Crippen molar-refractivity contribution in [3.05, 3.63) is 10.6 Å². The zero-order chi connectivity index (χ0) is 13.3. The van der Waals surface area contributed by atoms with Gasteiger partial charge in [0.25, 0.3) is 5.91 Å². The number of nitrogens with one attached hydrogen (secondary N) is 1. The summed E-state index contributed by atoms with van der Waals surface area (Å²) >= 11 is 1.26. The van der Waals surface area contributed by atoms with E-state index in [-0.39, 0.29) is 11.9 Å². The van der Waals surface area contributed by atoms with Crippen molar-refractivity contribution in [2.75, 3.05) is 25.9 Å². The summed E-state index contributed by atoms with van der Waals surface area (Å²) < 4.78 is 0. The monoisotopic (exact) mass is 268 g/mol. The van der Waals surface area contributed by atoms with Crippen LogP contribution in [0.2, 0.25) is 0 Å². The van der Waals surface area contributed by atoms with E-state index < -0.39 is 0 Å². The van der Waals surface area contributed by atoms with Crippen LogP contribution in [0.25, 0.3) is 0 Å². The van der Waals surface area contributed by atoms with Crippen LogP contribution in [0.1, 0.15) is 28.7 Å². The first kappa shape index (κ1) is 13.3. The SMILES string of the molecule is Cc1nc(N)sc1C(=O)NC1CCN(C)CC1C. The summed E-state index contributed by atoms with van der Waals surface area (Å²) in [6, 6.07) is 0.247. The van der Waals surface area contributed by atoms with E-state index in [1.807, 2.05) is 6.92 Å². The van der Waals surface area contributed by atoms with Gasteiger partial charge in [-0.3, -0.25) is 4.79 Å². The summed E-state index contributed by atoms with van der Waals surface area (Å²) in [4.78, 5) is 19.2. The van der Waals surface area contributed by atoms with E-state index >= 15 is 0 Å². The van der Waals surface area contributed by atoms with E-state index in [4.69, 9.17) is 5.73 Å². The molecule has 1 fully saturated rings. The van der Waals surface area contributed by atoms with E-state index in [9.17, 15) is 4.79 Å². The Morgan fingerprint density at radius 1 is 1.61 bits per heavy atom. The maximum atomic E-state index is 12.2. The van der Waals surface area contributed by atoms with E-state index in [1.165, 1.54) is 11.3 Å². The summed E-state index contributed by atoms with van der Waals surface area (Å²) in [5.74, 6) is 0.432. The number of likely N-dealkylation sites (tertiary alicyclic amines) is 1. The van der Waals surface area contributed by atoms with Gasteiger partial charge < -0.3 is 16.0 Å². The molecule has 0 aliphatic carbocycles. The normalized spacial score (nSPS) is 25.1. The van der Waals surface area contributed by atoms with Crippen LogP contribution >= 0.6 is 11.3 Å². The van der Waals surface area contributed by atoms with Gasteiger partial charge in [-0.1, -0.05) is 18.3 Å². The highest BCUT2D eigenvalue weighted by Gasteiger charge is 2.26. The van der Waals surface area contributed by atoms with Crippen molar-refractivity contribution in [3.8, 4) is 0 Å². The molecule has 1 aromatic rings. The van der Waals surface area contributed by atoms with Gasteiger partial charge in [-0.05, 0) is 32.9 Å². The third kappa shape index (κ3) is 2.81. The number of carbonyl (C=O) groups is 1. The molecule has 0 radical (unpaired) electrons. The minimum atomic E-state index is -0.0388. The highest BCUT2D eigenvalue weighted by Crippen LogP contribution is 2.21. The van der Waals surface area contributed by atoms with Gasteiger partial charge in [0.05, 0.1) is 5.69 Å². The van der Waals surface area contributed by atoms with Crippen LogP contribution < -0.4 is 11.1 Å². The number of piperidine rings is 1. The number of carbonyl (C=O) groups excluding carboxylic acids is 1. The first-order valence-corrected chi connectivity index (χ1v) is 7.01. The number of aryl methyl sites for hydroxylation is 1. The minimum Gasteiger partial charge on any atom is -0.375 e. The number of aromatic nitrogens is 1. The average Bonchev–Trinajstić information content (AvgIpc) is 2.62. The van der Waals surface area contributed by atoms with Crippen LogP contribution in [0.3, 0.4) is 0 Å². The van der Waals surface area contributed by atoms with Gasteiger partial charge in [-0.2, -0.15) is 0 Å². The summed E-state index contributed by atoms with van der Waals surface area (Å²) in [7, 11) is 2.11. The molecule has 2 atom stereocenters. The molecule has 1 aliphatic heterocycles. The van der Waals surface area contributed by atoms with Crippen LogP contribution in [0.4, 0.5) is 5.13 Å². The summed E-state index contributed by atoms with van der Waals surface area (Å²) in [5, 5.41) is 3.56. The van der Waals surface area contributed by atoms with Crippen molar-refractivity contribution in [2.45, 2.75) is 26.3 Å². The number of nitrogen functional groups attached to an aromatic ring is 1. The predicted octanol–water partition coefficient (Wildman–Crippen LogP) is 1.10. The zero-order valence-electron chi connectivity index (χ0n) is 11.1. The van der Waals surface area contributed by atoms with Crippen molar-refractivity contribution >= 4 is 22.4 Å². The lowest BCUT2D eigenvalue weighted by Crippen LogP contribution is -2.48. The summed E-state index contributed by atoms with van der Waals surface area (Å²) in [5.41, 5.74) is 6.33. The molecule has 0 saturated carbocycles. The Morgan fingerprint density at radius 3 is 2.89 bits per heavy atom. The number of rotatable bonds is 2.